The molecule has 5 fully saturated rings. The summed E-state index contributed by atoms with van der Waals surface area (Å²) in [6.45, 7) is 19.0. The largest absolute Gasteiger partial charge is 0.393 e. The van der Waals surface area contributed by atoms with Crippen molar-refractivity contribution in [2.45, 2.75) is 175 Å². The number of aliphatic hydroxyl groups is 1. The summed E-state index contributed by atoms with van der Waals surface area (Å²) in [7, 11) is 4.03. The Labute approximate surface area is 320 Å². The van der Waals surface area contributed by atoms with E-state index in [0.717, 1.165) is 95.4 Å². The molecule has 4 saturated carbocycles. The van der Waals surface area contributed by atoms with Crippen molar-refractivity contribution in [1.82, 2.24) is 10.6 Å². The second kappa shape index (κ2) is 15.8. The zero-order chi connectivity index (χ0) is 36.7. The first-order valence-electron chi connectivity index (χ1n) is 21.4. The molecule has 2 amide bonds. The molecule has 11 atom stereocenters. The fourth-order valence-corrected chi connectivity index (χ4v) is 16.4. The van der Waals surface area contributed by atoms with E-state index >= 15 is 0 Å². The fraction of sp³-hybridized carbons (Fsp3) is 0.909. The van der Waals surface area contributed by atoms with Gasteiger partial charge in [-0.2, -0.15) is 0 Å². The molecule has 0 aromatic carbocycles. The van der Waals surface area contributed by atoms with Crippen LogP contribution >= 0.6 is 21.6 Å². The highest BCUT2D eigenvalue weighted by Gasteiger charge is 2.69. The van der Waals surface area contributed by atoms with Crippen LogP contribution in [0.1, 0.15) is 164 Å². The van der Waals surface area contributed by atoms with Crippen LogP contribution in [-0.4, -0.2) is 47.1 Å². The summed E-state index contributed by atoms with van der Waals surface area (Å²) in [5, 5.41) is 18.5. The van der Waals surface area contributed by atoms with Crippen LogP contribution in [0.15, 0.2) is 11.6 Å². The maximum Gasteiger partial charge on any atom is 0.226 e. The van der Waals surface area contributed by atoms with Gasteiger partial charge in [-0.25, -0.2) is 0 Å². The Hall–Kier alpha value is -0.660. The van der Waals surface area contributed by atoms with Crippen molar-refractivity contribution < 1.29 is 14.7 Å². The third-order valence-corrected chi connectivity index (χ3v) is 20.0. The molecule has 6 rings (SSSR count). The molecule has 290 valence electrons. The zero-order valence-corrected chi connectivity index (χ0v) is 35.2. The lowest BCUT2D eigenvalue weighted by Crippen LogP contribution is -2.66. The van der Waals surface area contributed by atoms with E-state index in [9.17, 15) is 14.7 Å². The molecular formula is C44H74N2O3S2. The molecule has 1 heterocycles. The number of nitrogens with one attached hydrogen (secondary N) is 2. The first-order valence-corrected chi connectivity index (χ1v) is 23.8. The van der Waals surface area contributed by atoms with Crippen molar-refractivity contribution in [3.63, 3.8) is 0 Å². The molecule has 4 unspecified atom stereocenters. The maximum absolute atomic E-state index is 14.5. The summed E-state index contributed by atoms with van der Waals surface area (Å²) in [5.74, 6) is 4.48. The number of fused-ring (bicyclic) bond motifs is 7. The van der Waals surface area contributed by atoms with Gasteiger partial charge in [0.1, 0.15) is 0 Å². The van der Waals surface area contributed by atoms with E-state index in [1.807, 2.05) is 21.6 Å². The molecule has 0 spiro atoms. The van der Waals surface area contributed by atoms with Gasteiger partial charge in [-0.1, -0.05) is 101 Å². The van der Waals surface area contributed by atoms with Gasteiger partial charge < -0.3 is 15.7 Å². The standard InChI is InChI=1S/C44H74N2O3S2/c1-30-18-24-44(39(49)46-28-13-9-8-12-27-45-37(48)15-11-10-14-32-21-29-50-51-32)26-25-42(6)33(38(44)31(30)2)16-17-35-41(5)22-20-36(47)40(3,4)34(41)19-23-43(35,42)7/h16,30-32,34-36,38,47H,8-15,17-29H2,1-7H3,(H,45,48)(H,46,49)/t30-,31+,32?,34?,35?,36+,38?,41+,42-,43-,44+/m1/s1. The van der Waals surface area contributed by atoms with Gasteiger partial charge in [-0.3, -0.25) is 9.59 Å². The van der Waals surface area contributed by atoms with E-state index in [1.165, 1.54) is 37.9 Å². The smallest absolute Gasteiger partial charge is 0.226 e. The summed E-state index contributed by atoms with van der Waals surface area (Å²) in [4.78, 5) is 26.7. The Morgan fingerprint density at radius 2 is 1.57 bits per heavy atom. The highest BCUT2D eigenvalue weighted by Crippen LogP contribution is 2.75. The second-order valence-corrected chi connectivity index (χ2v) is 22.6. The predicted molar refractivity (Wildman–Crippen MR) is 216 cm³/mol. The number of carbonyl (C=O) groups excluding carboxylic acids is 2. The van der Waals surface area contributed by atoms with Crippen LogP contribution in [0.2, 0.25) is 0 Å². The van der Waals surface area contributed by atoms with Crippen LogP contribution in [0, 0.1) is 56.7 Å². The molecule has 6 aliphatic rings. The average Bonchev–Trinajstić information content (AvgIpc) is 3.62. The van der Waals surface area contributed by atoms with Gasteiger partial charge in [-0.05, 0) is 141 Å². The molecule has 0 radical (unpaired) electrons. The summed E-state index contributed by atoms with van der Waals surface area (Å²) < 4.78 is 0. The van der Waals surface area contributed by atoms with Crippen molar-refractivity contribution >= 4 is 33.4 Å². The number of rotatable bonds is 13. The molecule has 0 bridgehead atoms. The monoisotopic (exact) mass is 743 g/mol. The van der Waals surface area contributed by atoms with E-state index in [-0.39, 0.29) is 39.1 Å². The van der Waals surface area contributed by atoms with Crippen LogP contribution in [0.25, 0.3) is 0 Å². The molecule has 5 nitrogen and oxygen atoms in total. The number of aliphatic hydroxyl groups excluding tert-OH is 1. The van der Waals surface area contributed by atoms with Crippen molar-refractivity contribution in [1.29, 1.82) is 0 Å². The van der Waals surface area contributed by atoms with Gasteiger partial charge in [-0.15, -0.1) is 0 Å². The summed E-state index contributed by atoms with van der Waals surface area (Å²) in [5.41, 5.74) is 1.92. The molecule has 51 heavy (non-hydrogen) atoms. The third-order valence-electron chi connectivity index (χ3n) is 17.0. The molecule has 1 saturated heterocycles. The zero-order valence-electron chi connectivity index (χ0n) is 33.5. The number of amides is 2. The van der Waals surface area contributed by atoms with Gasteiger partial charge in [0, 0.05) is 30.5 Å². The van der Waals surface area contributed by atoms with Crippen LogP contribution in [0.3, 0.4) is 0 Å². The van der Waals surface area contributed by atoms with Gasteiger partial charge in [0.2, 0.25) is 11.8 Å². The number of hydrogen-bond acceptors (Lipinski definition) is 5. The number of hydrogen-bond donors (Lipinski definition) is 3. The molecule has 0 aromatic rings. The highest BCUT2D eigenvalue weighted by atomic mass is 33.1. The SMILES string of the molecule is C[C@@H]1CC[C@]2(C(=O)NCCCCCCNC(=O)CCCCC3CCSS3)CC[C@]3(C)C(=CCC4[C@@]5(C)CC[C@H](O)C(C)(C)C5CC[C@]43C)C2[C@H]1C. The van der Waals surface area contributed by atoms with Crippen LogP contribution < -0.4 is 10.6 Å². The summed E-state index contributed by atoms with van der Waals surface area (Å²) >= 11 is 0. The molecule has 5 aliphatic carbocycles. The van der Waals surface area contributed by atoms with E-state index < -0.39 is 0 Å². The summed E-state index contributed by atoms with van der Waals surface area (Å²) in [6, 6.07) is 0. The van der Waals surface area contributed by atoms with Crippen molar-refractivity contribution in [3.8, 4) is 0 Å². The number of carbonyl (C=O) groups is 2. The average molecular weight is 743 g/mol. The van der Waals surface area contributed by atoms with Gasteiger partial charge in [0.25, 0.3) is 0 Å². The minimum absolute atomic E-state index is 0.0330. The topological polar surface area (TPSA) is 78.4 Å². The van der Waals surface area contributed by atoms with Crippen LogP contribution in [0.4, 0.5) is 0 Å². The first-order chi connectivity index (χ1) is 24.2. The molecule has 3 N–H and O–H groups in total. The molecular weight excluding hydrogens is 669 g/mol. The highest BCUT2D eigenvalue weighted by molar-refractivity contribution is 8.77. The lowest BCUT2D eigenvalue weighted by molar-refractivity contribution is -0.204. The lowest BCUT2D eigenvalue weighted by atomic mass is 9.33. The van der Waals surface area contributed by atoms with E-state index in [4.69, 9.17) is 0 Å². The van der Waals surface area contributed by atoms with Gasteiger partial charge in [0.05, 0.1) is 11.5 Å². The summed E-state index contributed by atoms with van der Waals surface area (Å²) in [6.07, 6.45) is 22.1. The lowest BCUT2D eigenvalue weighted by Gasteiger charge is -2.71. The minimum atomic E-state index is -0.280. The molecule has 1 aliphatic heterocycles. The van der Waals surface area contributed by atoms with Crippen molar-refractivity contribution in [2.75, 3.05) is 18.8 Å². The second-order valence-electron chi connectivity index (χ2n) is 19.8. The Balaban J connectivity index is 1.02. The third kappa shape index (κ3) is 7.27. The fourth-order valence-electron chi connectivity index (χ4n) is 13.4. The van der Waals surface area contributed by atoms with Crippen molar-refractivity contribution in [2.24, 2.45) is 56.7 Å². The van der Waals surface area contributed by atoms with Gasteiger partial charge in [0.15, 0.2) is 0 Å². The Kier molecular flexibility index (Phi) is 12.4. The quantitative estimate of drug-likeness (QED) is 0.0995. The van der Waals surface area contributed by atoms with Crippen LogP contribution in [-0.2, 0) is 9.59 Å². The van der Waals surface area contributed by atoms with E-state index in [2.05, 4.69) is 65.2 Å². The maximum atomic E-state index is 14.5. The number of unbranched alkanes of at least 4 members (excludes halogenated alkanes) is 4. The van der Waals surface area contributed by atoms with Gasteiger partial charge >= 0.3 is 0 Å². The van der Waals surface area contributed by atoms with E-state index in [0.29, 0.717) is 41.9 Å². The Bertz CT molecular complexity index is 1280. The molecule has 7 heteroatoms. The van der Waals surface area contributed by atoms with Crippen molar-refractivity contribution in [3.05, 3.63) is 11.6 Å². The predicted octanol–water partition coefficient (Wildman–Crippen LogP) is 10.5. The Morgan fingerprint density at radius 3 is 2.29 bits per heavy atom. The molecule has 0 aromatic heterocycles. The Morgan fingerprint density at radius 1 is 0.824 bits per heavy atom. The van der Waals surface area contributed by atoms with Crippen LogP contribution in [0.5, 0.6) is 0 Å². The normalized spacial score (nSPS) is 42.8. The van der Waals surface area contributed by atoms with E-state index in [1.54, 1.807) is 5.57 Å². The minimum Gasteiger partial charge on any atom is -0.393 e. The number of allylic oxidation sites excluding steroid dienone is 2. The first kappa shape index (κ1) is 40.0.